The molecule has 2 fully saturated rings. The number of carboxylic acids is 2. The summed E-state index contributed by atoms with van der Waals surface area (Å²) in [6.07, 6.45) is -7.31. The number of pyridine rings is 1. The summed E-state index contributed by atoms with van der Waals surface area (Å²) in [6.45, 7) is 8.13. The third-order valence-corrected chi connectivity index (χ3v) is 4.83. The minimum absolute atomic E-state index is 0.0407. The lowest BCUT2D eigenvalue weighted by Gasteiger charge is -2.52. The Balaban J connectivity index is 0.000000324. The molecule has 2 N–H and O–H groups in total. The molecule has 1 aromatic rings. The maximum absolute atomic E-state index is 10.6. The molecule has 3 heterocycles. The van der Waals surface area contributed by atoms with Crippen molar-refractivity contribution in [1.82, 2.24) is 9.88 Å². The van der Waals surface area contributed by atoms with E-state index in [0.717, 1.165) is 26.1 Å². The normalized spacial score (nSPS) is 19.6. The number of carboxylic acid groups (broad SMARTS) is 2. The molecule has 0 saturated carbocycles. The molecule has 2 aliphatic heterocycles. The molecular weight excluding hydrogens is 466 g/mol. The molecule has 2 aliphatic rings. The number of nitrogens with zero attached hydrogens (tertiary/aromatic N) is 2. The number of ether oxygens (including phenoxy) is 2. The van der Waals surface area contributed by atoms with Gasteiger partial charge in [0.15, 0.2) is 0 Å². The maximum atomic E-state index is 10.6. The van der Waals surface area contributed by atoms with Gasteiger partial charge in [-0.3, -0.25) is 4.90 Å². The highest BCUT2D eigenvalue weighted by molar-refractivity contribution is 5.73. The van der Waals surface area contributed by atoms with Gasteiger partial charge in [-0.2, -0.15) is 26.3 Å². The number of halogens is 6. The Morgan fingerprint density at radius 2 is 1.67 bits per heavy atom. The zero-order valence-electron chi connectivity index (χ0n) is 17.7. The zero-order chi connectivity index (χ0) is 25.4. The molecule has 2 saturated heterocycles. The van der Waals surface area contributed by atoms with Crippen molar-refractivity contribution >= 4 is 11.9 Å². The molecule has 8 nitrogen and oxygen atoms in total. The Bertz CT molecular complexity index is 742. The van der Waals surface area contributed by atoms with Crippen LogP contribution in [-0.4, -0.2) is 82.3 Å². The maximum Gasteiger partial charge on any atom is 0.490 e. The number of carbonyl (C=O) groups is 2. The molecule has 1 unspecified atom stereocenters. The first-order valence-corrected chi connectivity index (χ1v) is 9.60. The van der Waals surface area contributed by atoms with Gasteiger partial charge in [-0.15, -0.1) is 0 Å². The first kappa shape index (κ1) is 28.4. The van der Waals surface area contributed by atoms with E-state index in [-0.39, 0.29) is 5.60 Å². The van der Waals surface area contributed by atoms with Gasteiger partial charge >= 0.3 is 24.3 Å². The Kier molecular flexibility index (Phi) is 9.90. The minimum Gasteiger partial charge on any atom is -0.477 e. The van der Waals surface area contributed by atoms with Gasteiger partial charge in [0, 0.05) is 43.9 Å². The number of hydrogen-bond acceptors (Lipinski definition) is 6. The van der Waals surface area contributed by atoms with Crippen LogP contribution in [-0.2, 0) is 14.3 Å². The quantitative estimate of drug-likeness (QED) is 0.620. The number of alkyl halides is 6. The Morgan fingerprint density at radius 3 is 2.06 bits per heavy atom. The fourth-order valence-electron chi connectivity index (χ4n) is 2.99. The predicted octanol–water partition coefficient (Wildman–Crippen LogP) is 3.23. The highest BCUT2D eigenvalue weighted by atomic mass is 19.4. The predicted molar refractivity (Wildman–Crippen MR) is 101 cm³/mol. The van der Waals surface area contributed by atoms with E-state index >= 15 is 0 Å². The molecule has 33 heavy (non-hydrogen) atoms. The highest BCUT2D eigenvalue weighted by Gasteiger charge is 2.53. The molecular formula is C19H24F6N2O6. The molecule has 3 rings (SSSR count). The first-order chi connectivity index (χ1) is 15.1. The van der Waals surface area contributed by atoms with Crippen molar-refractivity contribution in [3.8, 4) is 5.88 Å². The van der Waals surface area contributed by atoms with Crippen LogP contribution in [0.4, 0.5) is 26.3 Å². The molecule has 1 atom stereocenters. The summed E-state index contributed by atoms with van der Waals surface area (Å²) in [5.74, 6) is -4.31. The fourth-order valence-corrected chi connectivity index (χ4v) is 2.99. The molecule has 0 aromatic carbocycles. The van der Waals surface area contributed by atoms with Crippen molar-refractivity contribution < 1.29 is 55.6 Å². The lowest BCUT2D eigenvalue weighted by Crippen LogP contribution is -2.66. The molecule has 1 aromatic heterocycles. The van der Waals surface area contributed by atoms with E-state index in [1.807, 2.05) is 18.2 Å². The number of hydrogen-bond donors (Lipinski definition) is 2. The number of aromatic nitrogens is 1. The van der Waals surface area contributed by atoms with Crippen molar-refractivity contribution in [2.75, 3.05) is 26.3 Å². The Hall–Kier alpha value is -2.61. The van der Waals surface area contributed by atoms with Crippen LogP contribution in [0.2, 0.25) is 0 Å². The van der Waals surface area contributed by atoms with Crippen LogP contribution in [0.3, 0.4) is 0 Å². The Labute approximate surface area is 185 Å². The third kappa shape index (κ3) is 9.04. The topological polar surface area (TPSA) is 109 Å². The van der Waals surface area contributed by atoms with E-state index in [2.05, 4.69) is 23.7 Å². The first-order valence-electron chi connectivity index (χ1n) is 9.60. The van der Waals surface area contributed by atoms with E-state index < -0.39 is 24.3 Å². The van der Waals surface area contributed by atoms with Gasteiger partial charge in [0.25, 0.3) is 0 Å². The summed E-state index contributed by atoms with van der Waals surface area (Å²) in [7, 11) is 0. The summed E-state index contributed by atoms with van der Waals surface area (Å²) in [4.78, 5) is 24.5. The lowest BCUT2D eigenvalue weighted by atomic mass is 9.80. The van der Waals surface area contributed by atoms with Crippen LogP contribution < -0.4 is 4.74 Å². The van der Waals surface area contributed by atoms with Crippen LogP contribution in [0.15, 0.2) is 24.4 Å². The Morgan fingerprint density at radius 1 is 1.15 bits per heavy atom. The highest BCUT2D eigenvalue weighted by Crippen LogP contribution is 2.40. The van der Waals surface area contributed by atoms with Crippen molar-refractivity contribution in [2.45, 2.75) is 44.3 Å². The van der Waals surface area contributed by atoms with Gasteiger partial charge in [0.1, 0.15) is 0 Å². The van der Waals surface area contributed by atoms with Gasteiger partial charge < -0.3 is 19.7 Å². The molecule has 14 heteroatoms. The minimum atomic E-state index is -5.08. The molecule has 0 aliphatic carbocycles. The van der Waals surface area contributed by atoms with Crippen LogP contribution >= 0.6 is 0 Å². The molecule has 0 amide bonds. The fraction of sp³-hybridized carbons (Fsp3) is 0.632. The summed E-state index contributed by atoms with van der Waals surface area (Å²) in [6, 6.07) is 6.36. The summed E-state index contributed by atoms with van der Waals surface area (Å²) >= 11 is 0. The number of aliphatic carboxylic acids is 2. The lowest BCUT2D eigenvalue weighted by molar-refractivity contribution is -0.193. The average Bonchev–Trinajstić information content (AvgIpc) is 3.09. The third-order valence-electron chi connectivity index (χ3n) is 4.83. The van der Waals surface area contributed by atoms with E-state index in [4.69, 9.17) is 29.3 Å². The van der Waals surface area contributed by atoms with Gasteiger partial charge in [-0.25, -0.2) is 14.6 Å². The van der Waals surface area contributed by atoms with E-state index in [1.54, 1.807) is 6.20 Å². The smallest absolute Gasteiger partial charge is 0.477 e. The second-order valence-electron chi connectivity index (χ2n) is 7.48. The van der Waals surface area contributed by atoms with E-state index in [9.17, 15) is 26.3 Å². The van der Waals surface area contributed by atoms with Crippen LogP contribution in [0, 0.1) is 5.92 Å². The van der Waals surface area contributed by atoms with Crippen LogP contribution in [0.25, 0.3) is 0 Å². The van der Waals surface area contributed by atoms with Crippen molar-refractivity contribution in [3.63, 3.8) is 0 Å². The van der Waals surface area contributed by atoms with Gasteiger partial charge in [0.05, 0.1) is 12.2 Å². The summed E-state index contributed by atoms with van der Waals surface area (Å²) in [5.41, 5.74) is 0.0407. The number of rotatable bonds is 4. The standard InChI is InChI=1S/C15H22N2O2.2C2HF3O2/c1-12(2)17-10-15(11-17)13(6-8-19-15)9-18-14-5-3-4-7-16-14;2*3-2(4,5)1(6)7/h3-5,7,12-13H,6,8-11H2,1-2H3;2*(H,6,7). The zero-order valence-corrected chi connectivity index (χ0v) is 17.7. The summed E-state index contributed by atoms with van der Waals surface area (Å²) < 4.78 is 75.3. The molecule has 1 spiro atoms. The second-order valence-corrected chi connectivity index (χ2v) is 7.48. The monoisotopic (exact) mass is 490 g/mol. The second kappa shape index (κ2) is 11.5. The average molecular weight is 490 g/mol. The number of likely N-dealkylation sites (tertiary alicyclic amines) is 1. The van der Waals surface area contributed by atoms with E-state index in [0.29, 0.717) is 24.4 Å². The molecule has 0 radical (unpaired) electrons. The van der Waals surface area contributed by atoms with Gasteiger partial charge in [-0.05, 0) is 26.3 Å². The van der Waals surface area contributed by atoms with Crippen molar-refractivity contribution in [1.29, 1.82) is 0 Å². The van der Waals surface area contributed by atoms with Crippen LogP contribution in [0.5, 0.6) is 5.88 Å². The van der Waals surface area contributed by atoms with Crippen LogP contribution in [0.1, 0.15) is 20.3 Å². The van der Waals surface area contributed by atoms with Crippen molar-refractivity contribution in [3.05, 3.63) is 24.4 Å². The summed E-state index contributed by atoms with van der Waals surface area (Å²) in [5, 5.41) is 14.2. The SMILES string of the molecule is CC(C)N1CC2(C1)OCCC2COc1ccccn1.O=C(O)C(F)(F)F.O=C(O)C(F)(F)F. The molecule has 0 bridgehead atoms. The van der Waals surface area contributed by atoms with E-state index in [1.165, 1.54) is 0 Å². The van der Waals surface area contributed by atoms with Crippen molar-refractivity contribution in [2.24, 2.45) is 5.92 Å². The van der Waals surface area contributed by atoms with Gasteiger partial charge in [-0.1, -0.05) is 6.07 Å². The molecule has 188 valence electrons. The van der Waals surface area contributed by atoms with Gasteiger partial charge in [0.2, 0.25) is 5.88 Å². The largest absolute Gasteiger partial charge is 0.490 e.